The molecule has 0 aromatic heterocycles. The summed E-state index contributed by atoms with van der Waals surface area (Å²) in [5.74, 6) is 0.944. The van der Waals surface area contributed by atoms with Crippen molar-refractivity contribution >= 4 is 7.69 Å². The Morgan fingerprint density at radius 1 is 1.25 bits per heavy atom. The number of hydrogen-bond acceptors (Lipinski definition) is 3. The first-order valence-electron chi connectivity index (χ1n) is 3.63. The lowest BCUT2D eigenvalue weighted by molar-refractivity contribution is 0.340. The van der Waals surface area contributed by atoms with Gasteiger partial charge in [-0.1, -0.05) is 18.2 Å². The summed E-state index contributed by atoms with van der Waals surface area (Å²) in [4.78, 5) is 0. The molecule has 12 heavy (non-hydrogen) atoms. The largest absolute Gasteiger partial charge is 0.494 e. The van der Waals surface area contributed by atoms with Gasteiger partial charge in [-0.05, 0) is 19.1 Å². The topological polar surface area (TPSA) is 49.7 Å². The molecule has 3 nitrogen and oxygen atoms in total. The summed E-state index contributed by atoms with van der Waals surface area (Å²) in [5.41, 5.74) is 0. The van der Waals surface area contributed by atoms with E-state index in [1.165, 1.54) is 0 Å². The second-order valence-corrected chi connectivity index (χ2v) is 1.86. The molecule has 0 aliphatic rings. The van der Waals surface area contributed by atoms with Crippen LogP contribution >= 0.6 is 0 Å². The zero-order chi connectivity index (χ0) is 9.23. The summed E-state index contributed by atoms with van der Waals surface area (Å²) in [5, 5.41) is 14.0. The van der Waals surface area contributed by atoms with Crippen LogP contribution < -0.4 is 4.74 Å². The quantitative estimate of drug-likeness (QED) is 0.633. The van der Waals surface area contributed by atoms with Gasteiger partial charge in [-0.15, -0.1) is 0 Å². The van der Waals surface area contributed by atoms with E-state index in [4.69, 9.17) is 14.8 Å². The first kappa shape index (κ1) is 11.0. The van der Waals surface area contributed by atoms with E-state index in [0.717, 1.165) is 12.4 Å². The van der Waals surface area contributed by atoms with Crippen molar-refractivity contribution in [2.75, 3.05) is 6.61 Å². The van der Waals surface area contributed by atoms with Crippen LogP contribution in [-0.2, 0) is 0 Å². The second kappa shape index (κ2) is 8.10. The summed E-state index contributed by atoms with van der Waals surface area (Å²) >= 11 is 0. The van der Waals surface area contributed by atoms with E-state index in [1.54, 1.807) is 0 Å². The average molecular weight is 167 g/mol. The Morgan fingerprint density at radius 3 is 2.17 bits per heavy atom. The third kappa shape index (κ3) is 5.76. The Kier molecular flexibility index (Phi) is 7.43. The summed E-state index contributed by atoms with van der Waals surface area (Å²) in [6.07, 6.45) is 0. The van der Waals surface area contributed by atoms with E-state index in [2.05, 4.69) is 0 Å². The maximum Gasteiger partial charge on any atom is 0.482 e. The molecule has 0 unspecified atom stereocenters. The van der Waals surface area contributed by atoms with Crippen LogP contribution in [0.5, 0.6) is 5.75 Å². The van der Waals surface area contributed by atoms with Gasteiger partial charge in [0, 0.05) is 0 Å². The molecule has 1 radical (unpaired) electrons. The van der Waals surface area contributed by atoms with Gasteiger partial charge in [0.05, 0.1) is 6.61 Å². The third-order valence-corrected chi connectivity index (χ3v) is 1.05. The number of para-hydroxylation sites is 1. The van der Waals surface area contributed by atoms with Gasteiger partial charge in [-0.3, -0.25) is 0 Å². The molecule has 1 rings (SSSR count). The number of ether oxygens (including phenoxy) is 1. The standard InChI is InChI=1S/C8H10O.BH2O2/c1-2-9-8-6-4-3-5-7-8;2-1-3/h3-7H,2H2,1H3;2-3H. The highest BCUT2D eigenvalue weighted by Gasteiger charge is 1.83. The van der Waals surface area contributed by atoms with E-state index in [9.17, 15) is 0 Å². The molecule has 0 atom stereocenters. The van der Waals surface area contributed by atoms with Crippen molar-refractivity contribution < 1.29 is 14.8 Å². The van der Waals surface area contributed by atoms with Crippen LogP contribution in [0.1, 0.15) is 6.92 Å². The zero-order valence-corrected chi connectivity index (χ0v) is 6.97. The van der Waals surface area contributed by atoms with E-state index in [0.29, 0.717) is 0 Å². The van der Waals surface area contributed by atoms with Gasteiger partial charge in [0.2, 0.25) is 0 Å². The van der Waals surface area contributed by atoms with Crippen molar-refractivity contribution in [2.24, 2.45) is 0 Å². The molecule has 65 valence electrons. The third-order valence-electron chi connectivity index (χ3n) is 1.05. The Labute approximate surface area is 72.9 Å². The monoisotopic (exact) mass is 167 g/mol. The minimum Gasteiger partial charge on any atom is -0.494 e. The number of hydrogen-bond donors (Lipinski definition) is 2. The van der Waals surface area contributed by atoms with E-state index in [1.807, 2.05) is 37.3 Å². The lowest BCUT2D eigenvalue weighted by Gasteiger charge is -1.99. The molecule has 0 saturated heterocycles. The smallest absolute Gasteiger partial charge is 0.482 e. The summed E-state index contributed by atoms with van der Waals surface area (Å²) in [6, 6.07) is 9.80. The fourth-order valence-corrected chi connectivity index (χ4v) is 0.683. The fourth-order valence-electron chi connectivity index (χ4n) is 0.683. The number of benzene rings is 1. The van der Waals surface area contributed by atoms with Crippen molar-refractivity contribution in [1.29, 1.82) is 0 Å². The molecule has 1 aromatic carbocycles. The van der Waals surface area contributed by atoms with Crippen molar-refractivity contribution in [3.8, 4) is 5.75 Å². The molecular weight excluding hydrogens is 155 g/mol. The van der Waals surface area contributed by atoms with Gasteiger partial charge in [0.1, 0.15) is 5.75 Å². The summed E-state index contributed by atoms with van der Waals surface area (Å²) in [7, 11) is 0. The molecule has 0 saturated carbocycles. The molecule has 0 aliphatic heterocycles. The fraction of sp³-hybridized carbons (Fsp3) is 0.250. The van der Waals surface area contributed by atoms with Crippen molar-refractivity contribution in [3.63, 3.8) is 0 Å². The Morgan fingerprint density at radius 2 is 1.75 bits per heavy atom. The molecule has 0 spiro atoms. The van der Waals surface area contributed by atoms with E-state index < -0.39 is 0 Å². The van der Waals surface area contributed by atoms with Crippen LogP contribution in [0.3, 0.4) is 0 Å². The number of rotatable bonds is 2. The summed E-state index contributed by atoms with van der Waals surface area (Å²) in [6.45, 7) is 2.72. The van der Waals surface area contributed by atoms with Crippen LogP contribution in [0.25, 0.3) is 0 Å². The molecule has 0 amide bonds. The molecule has 4 heteroatoms. The molecule has 0 fully saturated rings. The van der Waals surface area contributed by atoms with Gasteiger partial charge < -0.3 is 14.8 Å². The second-order valence-electron chi connectivity index (χ2n) is 1.86. The molecule has 0 aliphatic carbocycles. The lowest BCUT2D eigenvalue weighted by atomic mass is 10.3. The highest BCUT2D eigenvalue weighted by molar-refractivity contribution is 6.13. The minimum absolute atomic E-state index is 0. The van der Waals surface area contributed by atoms with Gasteiger partial charge in [-0.2, -0.15) is 0 Å². The maximum absolute atomic E-state index is 7.00. The predicted octanol–water partition coefficient (Wildman–Crippen LogP) is 0.590. The maximum atomic E-state index is 7.00. The Balaban J connectivity index is 0.000000354. The van der Waals surface area contributed by atoms with Gasteiger partial charge in [0.25, 0.3) is 0 Å². The SMILES string of the molecule is CCOc1ccccc1.O[B]O. The minimum atomic E-state index is 0. The van der Waals surface area contributed by atoms with Gasteiger partial charge >= 0.3 is 7.69 Å². The van der Waals surface area contributed by atoms with Crippen LogP contribution in [0, 0.1) is 0 Å². The van der Waals surface area contributed by atoms with Gasteiger partial charge in [-0.25, -0.2) is 0 Å². The van der Waals surface area contributed by atoms with Crippen LogP contribution in [0.2, 0.25) is 0 Å². The first-order chi connectivity index (χ1) is 5.85. The zero-order valence-electron chi connectivity index (χ0n) is 6.97. The van der Waals surface area contributed by atoms with E-state index >= 15 is 0 Å². The van der Waals surface area contributed by atoms with Crippen molar-refractivity contribution in [1.82, 2.24) is 0 Å². The summed E-state index contributed by atoms with van der Waals surface area (Å²) < 4.78 is 5.21. The normalized spacial score (nSPS) is 7.92. The molecule has 1 aromatic rings. The van der Waals surface area contributed by atoms with Crippen molar-refractivity contribution in [2.45, 2.75) is 6.92 Å². The predicted molar refractivity (Wildman–Crippen MR) is 47.8 cm³/mol. The first-order valence-corrected chi connectivity index (χ1v) is 3.63. The van der Waals surface area contributed by atoms with Crippen LogP contribution in [-0.4, -0.2) is 24.3 Å². The van der Waals surface area contributed by atoms with E-state index in [-0.39, 0.29) is 7.69 Å². The highest BCUT2D eigenvalue weighted by Crippen LogP contribution is 2.06. The molecule has 0 heterocycles. The average Bonchev–Trinajstić information content (AvgIpc) is 2.08. The molecule has 2 N–H and O–H groups in total. The van der Waals surface area contributed by atoms with Crippen molar-refractivity contribution in [3.05, 3.63) is 30.3 Å². The molecular formula is C8H12BO3. The lowest BCUT2D eigenvalue weighted by Crippen LogP contribution is -1.89. The molecule has 0 bridgehead atoms. The Bertz CT molecular complexity index is 179. The van der Waals surface area contributed by atoms with Crippen LogP contribution in [0.4, 0.5) is 0 Å². The van der Waals surface area contributed by atoms with Gasteiger partial charge in [0.15, 0.2) is 0 Å². The van der Waals surface area contributed by atoms with Crippen LogP contribution in [0.15, 0.2) is 30.3 Å². The highest BCUT2D eigenvalue weighted by atomic mass is 16.5. The Hall–Kier alpha value is -0.995.